The molecule has 0 unspecified atom stereocenters. The summed E-state index contributed by atoms with van der Waals surface area (Å²) in [7, 11) is 0. The summed E-state index contributed by atoms with van der Waals surface area (Å²) in [5.74, 6) is 0.667. The van der Waals surface area contributed by atoms with Gasteiger partial charge < -0.3 is 10.6 Å². The summed E-state index contributed by atoms with van der Waals surface area (Å²) in [6.07, 6.45) is 4.15. The fourth-order valence-corrected chi connectivity index (χ4v) is 1.77. The molecule has 0 radical (unpaired) electrons. The molecule has 2 N–H and O–H groups in total. The van der Waals surface area contributed by atoms with Crippen molar-refractivity contribution in [3.8, 4) is 0 Å². The number of hydrogen-bond donors (Lipinski definition) is 1. The first-order chi connectivity index (χ1) is 8.24. The molecule has 0 atom stereocenters. The molecule has 0 saturated heterocycles. The van der Waals surface area contributed by atoms with Gasteiger partial charge in [0, 0.05) is 19.6 Å². The average Bonchev–Trinajstić information content (AvgIpc) is 3.03. The maximum Gasteiger partial charge on any atom is 0.276 e. The largest absolute Gasteiger partial charge is 0.337 e. The van der Waals surface area contributed by atoms with E-state index < -0.39 is 0 Å². The van der Waals surface area contributed by atoms with Gasteiger partial charge in [0.1, 0.15) is 0 Å². The van der Waals surface area contributed by atoms with Gasteiger partial charge in [-0.05, 0) is 25.7 Å². The predicted molar refractivity (Wildman–Crippen MR) is 63.4 cm³/mol. The zero-order valence-electron chi connectivity index (χ0n) is 10.2. The van der Waals surface area contributed by atoms with Gasteiger partial charge in [-0.15, -0.1) is 5.10 Å². The summed E-state index contributed by atoms with van der Waals surface area (Å²) in [4.78, 5) is 14.0. The van der Waals surface area contributed by atoms with Crippen LogP contribution >= 0.6 is 0 Å². The molecule has 1 amide bonds. The van der Waals surface area contributed by atoms with Gasteiger partial charge in [0.25, 0.3) is 5.91 Å². The highest BCUT2D eigenvalue weighted by atomic mass is 16.2. The second-order valence-electron chi connectivity index (χ2n) is 4.44. The monoisotopic (exact) mass is 237 g/mol. The molecule has 1 aromatic rings. The molecule has 1 saturated carbocycles. The van der Waals surface area contributed by atoms with Gasteiger partial charge in [0.15, 0.2) is 5.69 Å². The van der Waals surface area contributed by atoms with E-state index >= 15 is 0 Å². The summed E-state index contributed by atoms with van der Waals surface area (Å²) in [5.41, 5.74) is 5.84. The molecule has 1 aliphatic rings. The van der Waals surface area contributed by atoms with Crippen molar-refractivity contribution in [2.75, 3.05) is 19.6 Å². The lowest BCUT2D eigenvalue weighted by Gasteiger charge is -2.18. The molecule has 0 aromatic carbocycles. The lowest BCUT2D eigenvalue weighted by atomic mass is 10.3. The summed E-state index contributed by atoms with van der Waals surface area (Å²) in [5, 5.41) is 7.78. The van der Waals surface area contributed by atoms with Crippen LogP contribution in [0.2, 0.25) is 0 Å². The van der Waals surface area contributed by atoms with E-state index in [0.29, 0.717) is 24.7 Å². The van der Waals surface area contributed by atoms with E-state index in [0.717, 1.165) is 13.1 Å². The van der Waals surface area contributed by atoms with Crippen LogP contribution in [0.4, 0.5) is 0 Å². The Morgan fingerprint density at radius 2 is 2.41 bits per heavy atom. The molecule has 17 heavy (non-hydrogen) atoms. The summed E-state index contributed by atoms with van der Waals surface area (Å²) in [6.45, 7) is 4.65. The molecular weight excluding hydrogens is 218 g/mol. The van der Waals surface area contributed by atoms with E-state index in [9.17, 15) is 4.79 Å². The molecule has 0 bridgehead atoms. The van der Waals surface area contributed by atoms with Crippen LogP contribution < -0.4 is 5.73 Å². The van der Waals surface area contributed by atoms with Crippen molar-refractivity contribution in [3.05, 3.63) is 11.9 Å². The zero-order valence-corrected chi connectivity index (χ0v) is 10.2. The highest BCUT2D eigenvalue weighted by Gasteiger charge is 2.27. The third-order valence-corrected chi connectivity index (χ3v) is 2.96. The Bertz CT molecular complexity index is 385. The maximum absolute atomic E-state index is 12.1. The van der Waals surface area contributed by atoms with E-state index in [1.807, 2.05) is 11.8 Å². The number of nitrogens with zero attached hydrogens (tertiary/aromatic N) is 4. The van der Waals surface area contributed by atoms with Crippen LogP contribution in [0.25, 0.3) is 0 Å². The van der Waals surface area contributed by atoms with Crippen LogP contribution in [0.1, 0.15) is 30.3 Å². The molecule has 1 heterocycles. The molecule has 6 nitrogen and oxygen atoms in total. The van der Waals surface area contributed by atoms with Crippen molar-refractivity contribution in [2.24, 2.45) is 11.7 Å². The fourth-order valence-electron chi connectivity index (χ4n) is 1.77. The van der Waals surface area contributed by atoms with Crippen molar-refractivity contribution in [3.63, 3.8) is 0 Å². The van der Waals surface area contributed by atoms with Gasteiger partial charge in [-0.2, -0.15) is 0 Å². The van der Waals surface area contributed by atoms with Gasteiger partial charge >= 0.3 is 0 Å². The Labute approximate surface area is 101 Å². The first-order valence-corrected chi connectivity index (χ1v) is 6.14. The van der Waals surface area contributed by atoms with Gasteiger partial charge in [0.05, 0.1) is 12.7 Å². The first-order valence-electron chi connectivity index (χ1n) is 6.14. The van der Waals surface area contributed by atoms with Crippen LogP contribution in [-0.4, -0.2) is 45.4 Å². The van der Waals surface area contributed by atoms with Crippen molar-refractivity contribution < 1.29 is 4.79 Å². The van der Waals surface area contributed by atoms with Crippen molar-refractivity contribution in [2.45, 2.75) is 26.3 Å². The number of aromatic nitrogens is 3. The molecule has 6 heteroatoms. The van der Waals surface area contributed by atoms with E-state index in [-0.39, 0.29) is 5.91 Å². The van der Waals surface area contributed by atoms with Gasteiger partial charge in [-0.3, -0.25) is 9.48 Å². The lowest BCUT2D eigenvalue weighted by Crippen LogP contribution is -2.33. The number of carbonyl (C=O) groups excluding carboxylic acids is 1. The fraction of sp³-hybridized carbons (Fsp3) is 0.727. The van der Waals surface area contributed by atoms with E-state index in [1.54, 1.807) is 10.9 Å². The van der Waals surface area contributed by atoms with Crippen LogP contribution in [0.5, 0.6) is 0 Å². The topological polar surface area (TPSA) is 77.0 Å². The second kappa shape index (κ2) is 5.27. The van der Waals surface area contributed by atoms with Crippen LogP contribution in [-0.2, 0) is 6.54 Å². The number of carbonyl (C=O) groups is 1. The first kappa shape index (κ1) is 12.0. The molecule has 1 aliphatic carbocycles. The number of rotatable bonds is 6. The van der Waals surface area contributed by atoms with Crippen LogP contribution in [0, 0.1) is 5.92 Å². The Hall–Kier alpha value is -1.43. The van der Waals surface area contributed by atoms with E-state index in [1.165, 1.54) is 12.8 Å². The van der Waals surface area contributed by atoms with E-state index in [2.05, 4.69) is 10.3 Å². The highest BCUT2D eigenvalue weighted by Crippen LogP contribution is 2.29. The third-order valence-electron chi connectivity index (χ3n) is 2.96. The Morgan fingerprint density at radius 3 is 3.00 bits per heavy atom. The second-order valence-corrected chi connectivity index (χ2v) is 4.44. The molecule has 1 fully saturated rings. The van der Waals surface area contributed by atoms with Gasteiger partial charge in [0.2, 0.25) is 0 Å². The highest BCUT2D eigenvalue weighted by molar-refractivity contribution is 5.91. The standard InChI is InChI=1S/C11H19N5O/c1-2-15(7-9-3-4-9)11(17)10-8-16(6-5-12)14-13-10/h8-9H,2-7,12H2,1H3. The number of nitrogens with two attached hydrogens (primary N) is 1. The SMILES string of the molecule is CCN(CC1CC1)C(=O)c1cn(CCN)nn1. The third kappa shape index (κ3) is 3.03. The summed E-state index contributed by atoms with van der Waals surface area (Å²) >= 11 is 0. The van der Waals surface area contributed by atoms with Crippen LogP contribution in [0.15, 0.2) is 6.20 Å². The molecule has 0 aliphatic heterocycles. The predicted octanol–water partition coefficient (Wildman–Crippen LogP) is 0.109. The molecule has 94 valence electrons. The maximum atomic E-state index is 12.1. The van der Waals surface area contributed by atoms with Crippen LogP contribution in [0.3, 0.4) is 0 Å². The normalized spacial score (nSPS) is 14.9. The molecule has 0 spiro atoms. The average molecular weight is 237 g/mol. The zero-order chi connectivity index (χ0) is 12.3. The molecule has 1 aromatic heterocycles. The Kier molecular flexibility index (Phi) is 3.73. The van der Waals surface area contributed by atoms with Gasteiger partial charge in [-0.25, -0.2) is 0 Å². The minimum Gasteiger partial charge on any atom is -0.337 e. The molecule has 2 rings (SSSR count). The Balaban J connectivity index is 1.99. The quantitative estimate of drug-likeness (QED) is 0.761. The van der Waals surface area contributed by atoms with Crippen molar-refractivity contribution in [1.82, 2.24) is 19.9 Å². The minimum atomic E-state index is -0.0253. The molecular formula is C11H19N5O. The lowest BCUT2D eigenvalue weighted by molar-refractivity contribution is 0.0751. The van der Waals surface area contributed by atoms with Gasteiger partial charge in [-0.1, -0.05) is 5.21 Å². The smallest absolute Gasteiger partial charge is 0.276 e. The number of amides is 1. The van der Waals surface area contributed by atoms with Crippen molar-refractivity contribution >= 4 is 5.91 Å². The minimum absolute atomic E-state index is 0.0253. The summed E-state index contributed by atoms with van der Waals surface area (Å²) in [6, 6.07) is 0. The van der Waals surface area contributed by atoms with Crippen molar-refractivity contribution in [1.29, 1.82) is 0 Å². The summed E-state index contributed by atoms with van der Waals surface area (Å²) < 4.78 is 1.61. The Morgan fingerprint density at radius 1 is 1.65 bits per heavy atom. The van der Waals surface area contributed by atoms with E-state index in [4.69, 9.17) is 5.73 Å². The number of hydrogen-bond acceptors (Lipinski definition) is 4.